The molecule has 90 valence electrons. The van der Waals surface area contributed by atoms with Crippen molar-refractivity contribution in [2.45, 2.75) is 6.04 Å². The largest absolute Gasteiger partial charge is 0.383 e. The van der Waals surface area contributed by atoms with Gasteiger partial charge in [-0.15, -0.1) is 0 Å². The molecule has 0 saturated carbocycles. The second-order valence-corrected chi connectivity index (χ2v) is 4.26. The summed E-state index contributed by atoms with van der Waals surface area (Å²) in [5.41, 5.74) is 6.48. The summed E-state index contributed by atoms with van der Waals surface area (Å²) in [6, 6.07) is 4.98. The van der Waals surface area contributed by atoms with Gasteiger partial charge in [-0.25, -0.2) is 4.39 Å². The smallest absolute Gasteiger partial charge is 0.137 e. The van der Waals surface area contributed by atoms with E-state index in [4.69, 9.17) is 10.5 Å². The molecular formula is C11H16BrFN2O. The minimum Gasteiger partial charge on any atom is -0.383 e. The molecule has 0 spiro atoms. The van der Waals surface area contributed by atoms with E-state index in [2.05, 4.69) is 21.2 Å². The molecule has 0 aromatic heterocycles. The normalized spacial score (nSPS) is 12.8. The van der Waals surface area contributed by atoms with Crippen LogP contribution in [0, 0.1) is 5.82 Å². The number of ether oxygens (including phenoxy) is 1. The zero-order valence-electron chi connectivity index (χ0n) is 9.17. The third kappa shape index (κ3) is 3.83. The van der Waals surface area contributed by atoms with Gasteiger partial charge < -0.3 is 15.8 Å². The predicted molar refractivity (Wildman–Crippen MR) is 65.8 cm³/mol. The summed E-state index contributed by atoms with van der Waals surface area (Å²) < 4.78 is 18.7. The van der Waals surface area contributed by atoms with E-state index >= 15 is 0 Å². The Bertz CT molecular complexity index is 336. The van der Waals surface area contributed by atoms with Crippen molar-refractivity contribution in [2.24, 2.45) is 5.73 Å². The van der Waals surface area contributed by atoms with Crippen LogP contribution in [0.1, 0.15) is 11.6 Å². The lowest BCUT2D eigenvalue weighted by atomic mass is 10.1. The number of hydrogen-bond acceptors (Lipinski definition) is 3. The highest BCUT2D eigenvalue weighted by atomic mass is 79.9. The molecule has 1 rings (SSSR count). The van der Waals surface area contributed by atoms with Crippen molar-refractivity contribution in [1.29, 1.82) is 0 Å². The van der Waals surface area contributed by atoms with Crippen LogP contribution in [-0.2, 0) is 4.74 Å². The highest BCUT2D eigenvalue weighted by Crippen LogP contribution is 2.20. The van der Waals surface area contributed by atoms with Crippen LogP contribution in [0.3, 0.4) is 0 Å². The fraction of sp³-hybridized carbons (Fsp3) is 0.455. The molecule has 1 atom stereocenters. The van der Waals surface area contributed by atoms with Crippen LogP contribution in [0.4, 0.5) is 4.39 Å². The molecular weight excluding hydrogens is 275 g/mol. The van der Waals surface area contributed by atoms with E-state index in [1.807, 2.05) is 6.07 Å². The maximum Gasteiger partial charge on any atom is 0.137 e. The second kappa shape index (κ2) is 6.96. The monoisotopic (exact) mass is 290 g/mol. The van der Waals surface area contributed by atoms with E-state index in [9.17, 15) is 4.39 Å². The van der Waals surface area contributed by atoms with Crippen LogP contribution in [-0.4, -0.2) is 26.8 Å². The number of nitrogens with two attached hydrogens (primary N) is 1. The number of nitrogens with one attached hydrogen (secondary N) is 1. The van der Waals surface area contributed by atoms with E-state index in [0.29, 0.717) is 24.2 Å². The van der Waals surface area contributed by atoms with Gasteiger partial charge in [0.25, 0.3) is 0 Å². The molecule has 5 heteroatoms. The summed E-state index contributed by atoms with van der Waals surface area (Å²) in [5.74, 6) is -0.274. The zero-order valence-corrected chi connectivity index (χ0v) is 10.8. The van der Waals surface area contributed by atoms with Gasteiger partial charge >= 0.3 is 0 Å². The number of methoxy groups -OCH3 is 1. The van der Waals surface area contributed by atoms with Gasteiger partial charge in [-0.05, 0) is 33.6 Å². The molecule has 16 heavy (non-hydrogen) atoms. The summed E-state index contributed by atoms with van der Waals surface area (Å²) in [6.45, 7) is 1.72. The Balaban J connectivity index is 2.67. The van der Waals surface area contributed by atoms with Crippen molar-refractivity contribution in [2.75, 3.05) is 26.8 Å². The molecule has 0 aliphatic heterocycles. The highest BCUT2D eigenvalue weighted by Gasteiger charge is 2.10. The number of halogens is 2. The lowest BCUT2D eigenvalue weighted by Gasteiger charge is -2.17. The van der Waals surface area contributed by atoms with Crippen LogP contribution in [0.15, 0.2) is 22.7 Å². The van der Waals surface area contributed by atoms with Crippen molar-refractivity contribution in [3.8, 4) is 0 Å². The summed E-state index contributed by atoms with van der Waals surface area (Å²) in [4.78, 5) is 0. The Morgan fingerprint density at radius 1 is 1.56 bits per heavy atom. The summed E-state index contributed by atoms with van der Waals surface area (Å²) >= 11 is 3.12. The van der Waals surface area contributed by atoms with Crippen molar-refractivity contribution in [1.82, 2.24) is 5.32 Å². The van der Waals surface area contributed by atoms with Crippen molar-refractivity contribution in [3.63, 3.8) is 0 Å². The fourth-order valence-corrected chi connectivity index (χ4v) is 1.65. The van der Waals surface area contributed by atoms with Gasteiger partial charge in [-0.1, -0.05) is 6.07 Å². The minimum atomic E-state index is -0.274. The van der Waals surface area contributed by atoms with E-state index in [0.717, 1.165) is 5.56 Å². The summed E-state index contributed by atoms with van der Waals surface area (Å²) in [6.07, 6.45) is 0. The van der Waals surface area contributed by atoms with E-state index in [1.54, 1.807) is 13.2 Å². The minimum absolute atomic E-state index is 0.0438. The Kier molecular flexibility index (Phi) is 5.90. The number of hydrogen-bond donors (Lipinski definition) is 2. The standard InChI is InChI=1S/C11H16BrFN2O/c1-16-5-4-15-11(7-14)8-2-3-9(12)10(13)6-8/h2-3,6,11,15H,4-5,7,14H2,1H3. The first-order chi connectivity index (χ1) is 7.69. The van der Waals surface area contributed by atoms with Gasteiger partial charge in [0.2, 0.25) is 0 Å². The third-order valence-electron chi connectivity index (χ3n) is 2.28. The maximum atomic E-state index is 13.3. The fourth-order valence-electron chi connectivity index (χ4n) is 1.40. The number of benzene rings is 1. The molecule has 0 heterocycles. The average molecular weight is 291 g/mol. The Morgan fingerprint density at radius 3 is 2.88 bits per heavy atom. The Morgan fingerprint density at radius 2 is 2.31 bits per heavy atom. The van der Waals surface area contributed by atoms with Crippen LogP contribution < -0.4 is 11.1 Å². The Labute approximate surface area is 103 Å². The molecule has 0 bridgehead atoms. The van der Waals surface area contributed by atoms with Gasteiger partial charge in [0.05, 0.1) is 11.1 Å². The highest BCUT2D eigenvalue weighted by molar-refractivity contribution is 9.10. The lowest BCUT2D eigenvalue weighted by Crippen LogP contribution is -2.30. The van der Waals surface area contributed by atoms with Gasteiger partial charge in [-0.3, -0.25) is 0 Å². The number of rotatable bonds is 6. The van der Waals surface area contributed by atoms with E-state index < -0.39 is 0 Å². The van der Waals surface area contributed by atoms with Gasteiger partial charge in [0, 0.05) is 26.2 Å². The van der Waals surface area contributed by atoms with Crippen molar-refractivity contribution < 1.29 is 9.13 Å². The quantitative estimate of drug-likeness (QED) is 0.786. The van der Waals surface area contributed by atoms with Crippen LogP contribution in [0.2, 0.25) is 0 Å². The summed E-state index contributed by atoms with van der Waals surface area (Å²) in [5, 5.41) is 3.20. The van der Waals surface area contributed by atoms with E-state index in [1.165, 1.54) is 6.07 Å². The molecule has 1 unspecified atom stereocenters. The zero-order chi connectivity index (χ0) is 12.0. The molecule has 0 saturated heterocycles. The Hall–Kier alpha value is -0.490. The first-order valence-electron chi connectivity index (χ1n) is 5.06. The van der Waals surface area contributed by atoms with Crippen LogP contribution >= 0.6 is 15.9 Å². The molecule has 3 nitrogen and oxygen atoms in total. The van der Waals surface area contributed by atoms with Gasteiger partial charge in [0.15, 0.2) is 0 Å². The van der Waals surface area contributed by atoms with Gasteiger partial charge in [-0.2, -0.15) is 0 Å². The summed E-state index contributed by atoms with van der Waals surface area (Å²) in [7, 11) is 1.64. The van der Waals surface area contributed by atoms with Crippen LogP contribution in [0.25, 0.3) is 0 Å². The molecule has 3 N–H and O–H groups in total. The van der Waals surface area contributed by atoms with Crippen molar-refractivity contribution >= 4 is 15.9 Å². The molecule has 0 amide bonds. The van der Waals surface area contributed by atoms with Crippen LogP contribution in [0.5, 0.6) is 0 Å². The molecule has 1 aromatic rings. The van der Waals surface area contributed by atoms with Gasteiger partial charge in [0.1, 0.15) is 5.82 Å². The first-order valence-corrected chi connectivity index (χ1v) is 5.85. The predicted octanol–water partition coefficient (Wildman–Crippen LogP) is 1.82. The molecule has 0 fully saturated rings. The first kappa shape index (κ1) is 13.6. The van der Waals surface area contributed by atoms with E-state index in [-0.39, 0.29) is 11.9 Å². The third-order valence-corrected chi connectivity index (χ3v) is 2.92. The maximum absolute atomic E-state index is 13.3. The molecule has 0 aliphatic carbocycles. The molecule has 0 aliphatic rings. The SMILES string of the molecule is COCCNC(CN)c1ccc(Br)c(F)c1. The van der Waals surface area contributed by atoms with Crippen molar-refractivity contribution in [3.05, 3.63) is 34.1 Å². The second-order valence-electron chi connectivity index (χ2n) is 3.41. The topological polar surface area (TPSA) is 47.3 Å². The molecule has 1 aromatic carbocycles. The molecule has 0 radical (unpaired) electrons. The lowest BCUT2D eigenvalue weighted by molar-refractivity contribution is 0.196. The average Bonchev–Trinajstić information content (AvgIpc) is 2.29.